The summed E-state index contributed by atoms with van der Waals surface area (Å²) in [5, 5.41) is 0. The average Bonchev–Trinajstić information content (AvgIpc) is 3.30. The lowest BCUT2D eigenvalue weighted by atomic mass is 10.0. The van der Waals surface area contributed by atoms with E-state index in [-0.39, 0.29) is 7.43 Å². The minimum atomic E-state index is 0. The molecule has 0 bridgehead atoms. The molecular weight excluding hydrogens is 260 g/mol. The van der Waals surface area contributed by atoms with Crippen LogP contribution in [0.1, 0.15) is 64.9 Å². The molecule has 0 saturated carbocycles. The van der Waals surface area contributed by atoms with Crippen molar-refractivity contribution in [2.45, 2.75) is 71.8 Å². The molecule has 2 rings (SSSR count). The highest BCUT2D eigenvalue weighted by Gasteiger charge is 2.22. The molecule has 0 N–H and O–H groups in total. The van der Waals surface area contributed by atoms with Gasteiger partial charge in [-0.3, -0.25) is 0 Å². The van der Waals surface area contributed by atoms with E-state index in [9.17, 15) is 0 Å². The Morgan fingerprint density at radius 2 is 1.62 bits per heavy atom. The molecule has 1 aromatic carbocycles. The van der Waals surface area contributed by atoms with Gasteiger partial charge >= 0.3 is 0 Å². The summed E-state index contributed by atoms with van der Waals surface area (Å²) >= 11 is 0. The third-order valence-electron chi connectivity index (χ3n) is 3.83. The monoisotopic (exact) mass is 292 g/mol. The fourth-order valence-electron chi connectivity index (χ4n) is 2.39. The first kappa shape index (κ1) is 18.0. The van der Waals surface area contributed by atoms with Crippen LogP contribution in [0.15, 0.2) is 24.3 Å². The van der Waals surface area contributed by atoms with Gasteiger partial charge in [0.05, 0.1) is 6.61 Å². The minimum absolute atomic E-state index is 0. The summed E-state index contributed by atoms with van der Waals surface area (Å²) in [6, 6.07) is 8.55. The Bertz CT molecular complexity index is 354. The van der Waals surface area contributed by atoms with Crippen molar-refractivity contribution < 1.29 is 9.47 Å². The Morgan fingerprint density at radius 1 is 1.00 bits per heavy atom. The molecule has 120 valence electrons. The third-order valence-corrected chi connectivity index (χ3v) is 3.83. The lowest BCUT2D eigenvalue weighted by molar-refractivity contribution is 0.263. The van der Waals surface area contributed by atoms with Gasteiger partial charge < -0.3 is 9.47 Å². The first-order valence-electron chi connectivity index (χ1n) is 8.22. The Balaban J connectivity index is 0.00000220. The standard InChI is InChI=1S/C18H28O2.CH4/c1-2-3-4-5-6-7-8-9-16-10-12-17(13-11-16)19-14-18-15-20-18;/h10-13,18H,2-9,14-15H2,1H3;1H4. The van der Waals surface area contributed by atoms with Crippen molar-refractivity contribution in [2.24, 2.45) is 0 Å². The van der Waals surface area contributed by atoms with Gasteiger partial charge in [-0.2, -0.15) is 0 Å². The van der Waals surface area contributed by atoms with Crippen molar-refractivity contribution in [3.63, 3.8) is 0 Å². The second-order valence-corrected chi connectivity index (χ2v) is 5.78. The molecule has 1 unspecified atom stereocenters. The predicted octanol–water partition coefficient (Wildman–Crippen LogP) is 5.39. The van der Waals surface area contributed by atoms with Crippen molar-refractivity contribution >= 4 is 0 Å². The van der Waals surface area contributed by atoms with Crippen LogP contribution in [0.2, 0.25) is 0 Å². The van der Waals surface area contributed by atoms with Crippen LogP contribution in [0.25, 0.3) is 0 Å². The van der Waals surface area contributed by atoms with E-state index < -0.39 is 0 Å². The fourth-order valence-corrected chi connectivity index (χ4v) is 2.39. The molecule has 1 heterocycles. The predicted molar refractivity (Wildman–Crippen MR) is 90.1 cm³/mol. The molecule has 0 spiro atoms. The number of ether oxygens (including phenoxy) is 2. The van der Waals surface area contributed by atoms with Crippen LogP contribution in [-0.2, 0) is 11.2 Å². The van der Waals surface area contributed by atoms with Crippen LogP contribution in [0.3, 0.4) is 0 Å². The number of aryl methyl sites for hydroxylation is 1. The van der Waals surface area contributed by atoms with E-state index in [4.69, 9.17) is 9.47 Å². The average molecular weight is 292 g/mol. The van der Waals surface area contributed by atoms with E-state index in [0.29, 0.717) is 12.7 Å². The molecule has 0 amide bonds. The van der Waals surface area contributed by atoms with Crippen LogP contribution in [0.5, 0.6) is 5.75 Å². The van der Waals surface area contributed by atoms with E-state index in [1.54, 1.807) is 0 Å². The summed E-state index contributed by atoms with van der Waals surface area (Å²) in [6.45, 7) is 3.82. The van der Waals surface area contributed by atoms with E-state index in [1.807, 2.05) is 0 Å². The van der Waals surface area contributed by atoms with Gasteiger partial charge in [-0.15, -0.1) is 0 Å². The highest BCUT2D eigenvalue weighted by atomic mass is 16.6. The summed E-state index contributed by atoms with van der Waals surface area (Å²) in [5.74, 6) is 0.962. The number of hydrogen-bond acceptors (Lipinski definition) is 2. The molecule has 2 nitrogen and oxygen atoms in total. The zero-order valence-corrected chi connectivity index (χ0v) is 12.8. The minimum Gasteiger partial charge on any atom is -0.491 e. The first-order valence-corrected chi connectivity index (χ1v) is 8.22. The first-order chi connectivity index (χ1) is 9.88. The maximum atomic E-state index is 5.64. The molecule has 1 saturated heterocycles. The van der Waals surface area contributed by atoms with Crippen molar-refractivity contribution in [3.05, 3.63) is 29.8 Å². The van der Waals surface area contributed by atoms with Gasteiger partial charge in [-0.05, 0) is 30.5 Å². The van der Waals surface area contributed by atoms with Crippen LogP contribution in [-0.4, -0.2) is 19.3 Å². The van der Waals surface area contributed by atoms with Gasteiger partial charge in [0.25, 0.3) is 0 Å². The molecule has 21 heavy (non-hydrogen) atoms. The molecule has 0 aromatic heterocycles. The maximum Gasteiger partial charge on any atom is 0.119 e. The second-order valence-electron chi connectivity index (χ2n) is 5.78. The van der Waals surface area contributed by atoms with Gasteiger partial charge in [-0.25, -0.2) is 0 Å². The van der Waals surface area contributed by atoms with Gasteiger partial charge in [0.1, 0.15) is 18.5 Å². The van der Waals surface area contributed by atoms with E-state index in [2.05, 4.69) is 31.2 Å². The molecule has 0 radical (unpaired) electrons. The molecule has 1 aliphatic heterocycles. The quantitative estimate of drug-likeness (QED) is 0.403. The van der Waals surface area contributed by atoms with Gasteiger partial charge in [-0.1, -0.05) is 65.0 Å². The lowest BCUT2D eigenvalue weighted by Crippen LogP contribution is -2.03. The normalized spacial score (nSPS) is 16.3. The topological polar surface area (TPSA) is 21.8 Å². The number of unbranched alkanes of at least 4 members (excludes halogenated alkanes) is 6. The second kappa shape index (κ2) is 10.7. The van der Waals surface area contributed by atoms with Crippen molar-refractivity contribution in [1.29, 1.82) is 0 Å². The number of hydrogen-bond donors (Lipinski definition) is 0. The largest absolute Gasteiger partial charge is 0.491 e. The number of rotatable bonds is 11. The summed E-state index contributed by atoms with van der Waals surface area (Å²) in [7, 11) is 0. The highest BCUT2D eigenvalue weighted by molar-refractivity contribution is 5.27. The fraction of sp³-hybridized carbons (Fsp3) is 0.684. The Kier molecular flexibility index (Phi) is 9.16. The summed E-state index contributed by atoms with van der Waals surface area (Å²) < 4.78 is 10.8. The highest BCUT2D eigenvalue weighted by Crippen LogP contribution is 2.17. The summed E-state index contributed by atoms with van der Waals surface area (Å²) in [5.41, 5.74) is 1.42. The molecule has 1 aliphatic rings. The number of benzene rings is 1. The molecule has 0 aliphatic carbocycles. The Morgan fingerprint density at radius 3 is 2.24 bits per heavy atom. The van der Waals surface area contributed by atoms with Crippen LogP contribution >= 0.6 is 0 Å². The number of epoxide rings is 1. The van der Waals surface area contributed by atoms with Crippen molar-refractivity contribution in [1.82, 2.24) is 0 Å². The molecule has 1 aromatic rings. The zero-order chi connectivity index (χ0) is 14.0. The molecular formula is C19H32O2. The van der Waals surface area contributed by atoms with Gasteiger partial charge in [0.15, 0.2) is 0 Å². The SMILES string of the molecule is C.CCCCCCCCCc1ccc(OCC2CO2)cc1. The smallest absolute Gasteiger partial charge is 0.119 e. The zero-order valence-electron chi connectivity index (χ0n) is 12.8. The van der Waals surface area contributed by atoms with E-state index in [0.717, 1.165) is 12.4 Å². The maximum absolute atomic E-state index is 5.64. The van der Waals surface area contributed by atoms with Gasteiger partial charge in [0.2, 0.25) is 0 Å². The third kappa shape index (κ3) is 8.11. The van der Waals surface area contributed by atoms with E-state index in [1.165, 1.54) is 56.9 Å². The van der Waals surface area contributed by atoms with Crippen LogP contribution in [0.4, 0.5) is 0 Å². The van der Waals surface area contributed by atoms with Gasteiger partial charge in [0, 0.05) is 0 Å². The van der Waals surface area contributed by atoms with Crippen LogP contribution in [0, 0.1) is 0 Å². The molecule has 2 heteroatoms. The van der Waals surface area contributed by atoms with Crippen molar-refractivity contribution in [2.75, 3.05) is 13.2 Å². The van der Waals surface area contributed by atoms with E-state index >= 15 is 0 Å². The summed E-state index contributed by atoms with van der Waals surface area (Å²) in [6.07, 6.45) is 11.1. The summed E-state index contributed by atoms with van der Waals surface area (Å²) in [4.78, 5) is 0. The molecule has 1 atom stereocenters. The van der Waals surface area contributed by atoms with Crippen LogP contribution < -0.4 is 4.74 Å². The molecule has 1 fully saturated rings. The van der Waals surface area contributed by atoms with Crippen molar-refractivity contribution in [3.8, 4) is 5.75 Å². The Labute approximate surface area is 130 Å². The Hall–Kier alpha value is -1.02. The lowest BCUT2D eigenvalue weighted by Gasteiger charge is -2.06.